The van der Waals surface area contributed by atoms with Gasteiger partial charge in [-0.2, -0.15) is 5.10 Å². The number of aromatic amines is 1. The number of benzene rings is 2. The summed E-state index contributed by atoms with van der Waals surface area (Å²) < 4.78 is 49.0. The van der Waals surface area contributed by atoms with Crippen molar-refractivity contribution in [2.24, 2.45) is 0 Å². The van der Waals surface area contributed by atoms with E-state index in [1.807, 2.05) is 0 Å². The molecule has 0 spiro atoms. The van der Waals surface area contributed by atoms with Crippen molar-refractivity contribution in [3.63, 3.8) is 0 Å². The van der Waals surface area contributed by atoms with E-state index in [0.717, 1.165) is 18.2 Å². The van der Waals surface area contributed by atoms with Gasteiger partial charge in [0.05, 0.1) is 23.8 Å². The first kappa shape index (κ1) is 25.1. The number of aliphatic hydroxyl groups excluding tert-OH is 1. The fourth-order valence-corrected chi connectivity index (χ4v) is 3.89. The lowest BCUT2D eigenvalue weighted by atomic mass is 9.99. The fraction of sp³-hybridized carbons (Fsp3) is 0.192. The molecule has 0 fully saturated rings. The number of methoxy groups -OCH3 is 1. The molecule has 3 N–H and O–H groups in total. The summed E-state index contributed by atoms with van der Waals surface area (Å²) in [4.78, 5) is 17.6. The van der Waals surface area contributed by atoms with Gasteiger partial charge in [-0.05, 0) is 48.5 Å². The fourth-order valence-electron chi connectivity index (χ4n) is 3.89. The lowest BCUT2D eigenvalue weighted by molar-refractivity contribution is 0.0214. The van der Waals surface area contributed by atoms with E-state index in [2.05, 4.69) is 20.5 Å². The topological polar surface area (TPSA) is 100 Å². The molecule has 2 atom stereocenters. The molecule has 10 heteroatoms. The van der Waals surface area contributed by atoms with Crippen molar-refractivity contribution >= 4 is 5.91 Å². The Morgan fingerprint density at radius 1 is 1.08 bits per heavy atom. The van der Waals surface area contributed by atoms with Gasteiger partial charge in [0.15, 0.2) is 5.82 Å². The van der Waals surface area contributed by atoms with Gasteiger partial charge in [-0.3, -0.25) is 14.9 Å². The predicted octanol–water partition coefficient (Wildman–Crippen LogP) is 3.90. The molecule has 2 heterocycles. The lowest BCUT2D eigenvalue weighted by Crippen LogP contribution is -2.47. The summed E-state index contributed by atoms with van der Waals surface area (Å²) in [6.07, 6.45) is 1.05. The smallest absolute Gasteiger partial charge is 0.252 e. The number of carbonyl (C=O) groups is 1. The van der Waals surface area contributed by atoms with Crippen LogP contribution in [0.5, 0.6) is 0 Å². The van der Waals surface area contributed by atoms with E-state index in [4.69, 9.17) is 4.74 Å². The second-order valence-electron chi connectivity index (χ2n) is 7.99. The van der Waals surface area contributed by atoms with E-state index in [1.54, 1.807) is 24.4 Å². The normalized spacial score (nSPS) is 12.8. The first-order chi connectivity index (χ1) is 17.4. The Hall–Kier alpha value is -4.02. The summed E-state index contributed by atoms with van der Waals surface area (Å²) in [5, 5.41) is 18.9. The van der Waals surface area contributed by atoms with E-state index >= 15 is 4.39 Å². The Balaban J connectivity index is 1.69. The molecule has 2 aromatic heterocycles. The van der Waals surface area contributed by atoms with Crippen LogP contribution >= 0.6 is 0 Å². The molecule has 186 valence electrons. The van der Waals surface area contributed by atoms with Crippen LogP contribution in [-0.4, -0.2) is 52.1 Å². The zero-order valence-electron chi connectivity index (χ0n) is 19.2. The van der Waals surface area contributed by atoms with Crippen LogP contribution in [0.25, 0.3) is 22.5 Å². The average molecular weight is 496 g/mol. The van der Waals surface area contributed by atoms with Crippen molar-refractivity contribution in [2.75, 3.05) is 13.7 Å². The van der Waals surface area contributed by atoms with Crippen LogP contribution in [0.4, 0.5) is 13.2 Å². The highest BCUT2D eigenvalue weighted by molar-refractivity contribution is 6.01. The summed E-state index contributed by atoms with van der Waals surface area (Å²) in [5.74, 6) is -2.95. The number of halogens is 3. The Kier molecular flexibility index (Phi) is 7.77. The number of nitrogens with one attached hydrogen (secondary N) is 2. The largest absolute Gasteiger partial charge is 0.394 e. The highest BCUT2D eigenvalue weighted by atomic mass is 19.1. The van der Waals surface area contributed by atoms with Crippen molar-refractivity contribution in [2.45, 2.75) is 18.6 Å². The minimum atomic E-state index is -0.893. The SMILES string of the molecule is CO[C@H](CO)[C@@H](Cc1ccccn1)NC(=O)c1cccc(F)c1-c1[nH]nc(-c2ccc(F)cc2)c1F. The van der Waals surface area contributed by atoms with Crippen molar-refractivity contribution in [1.82, 2.24) is 20.5 Å². The predicted molar refractivity (Wildman–Crippen MR) is 126 cm³/mol. The number of aliphatic hydroxyl groups is 1. The standard InChI is InChI=1S/C26H23F3N4O3/c1-36-21(14-34)20(13-17-5-2-3-12-30-17)31-26(35)18-6-4-7-19(28)22(18)25-23(29)24(32-33-25)15-8-10-16(27)11-9-15/h2-12,20-21,34H,13-14H2,1H3,(H,31,35)(H,32,33)/t20-,21-/m1/s1. The van der Waals surface area contributed by atoms with Gasteiger partial charge >= 0.3 is 0 Å². The molecule has 2 aromatic carbocycles. The second-order valence-corrected chi connectivity index (χ2v) is 7.99. The van der Waals surface area contributed by atoms with Gasteiger partial charge in [-0.1, -0.05) is 12.1 Å². The molecule has 0 radical (unpaired) electrons. The minimum Gasteiger partial charge on any atom is -0.394 e. The van der Waals surface area contributed by atoms with Gasteiger partial charge in [-0.25, -0.2) is 13.2 Å². The van der Waals surface area contributed by atoms with Crippen molar-refractivity contribution in [3.05, 3.63) is 95.6 Å². The van der Waals surface area contributed by atoms with Crippen LogP contribution in [0.15, 0.2) is 66.9 Å². The number of pyridine rings is 1. The van der Waals surface area contributed by atoms with Crippen molar-refractivity contribution < 1.29 is 27.8 Å². The summed E-state index contributed by atoms with van der Waals surface area (Å²) >= 11 is 0. The van der Waals surface area contributed by atoms with E-state index in [-0.39, 0.29) is 41.1 Å². The minimum absolute atomic E-state index is 0.146. The number of amides is 1. The van der Waals surface area contributed by atoms with Crippen LogP contribution in [0.2, 0.25) is 0 Å². The molecule has 0 aliphatic heterocycles. The molecule has 0 unspecified atom stereocenters. The molecule has 0 saturated heterocycles. The Labute approximate surface area is 205 Å². The molecule has 0 aliphatic rings. The van der Waals surface area contributed by atoms with Gasteiger partial charge in [-0.15, -0.1) is 0 Å². The number of nitrogens with zero attached hydrogens (tertiary/aromatic N) is 2. The third kappa shape index (κ3) is 5.29. The number of rotatable bonds is 9. The molecule has 36 heavy (non-hydrogen) atoms. The maximum absolute atomic E-state index is 15.4. The Morgan fingerprint density at radius 3 is 2.53 bits per heavy atom. The summed E-state index contributed by atoms with van der Waals surface area (Å²) in [7, 11) is 1.39. The molecule has 0 bridgehead atoms. The zero-order valence-corrected chi connectivity index (χ0v) is 19.2. The highest BCUT2D eigenvalue weighted by Crippen LogP contribution is 2.32. The lowest BCUT2D eigenvalue weighted by Gasteiger charge is -2.26. The molecule has 0 aliphatic carbocycles. The molecule has 4 aromatic rings. The van der Waals surface area contributed by atoms with Gasteiger partial charge in [0.25, 0.3) is 5.91 Å². The number of ether oxygens (including phenoxy) is 1. The number of hydrogen-bond donors (Lipinski definition) is 3. The second kappa shape index (κ2) is 11.1. The molecule has 7 nitrogen and oxygen atoms in total. The quantitative estimate of drug-likeness (QED) is 0.326. The number of carbonyl (C=O) groups excluding carboxylic acids is 1. The molecule has 0 saturated carbocycles. The van der Waals surface area contributed by atoms with Gasteiger partial charge in [0.1, 0.15) is 29.1 Å². The number of hydrogen-bond acceptors (Lipinski definition) is 5. The molecule has 4 rings (SSSR count). The highest BCUT2D eigenvalue weighted by Gasteiger charge is 2.28. The zero-order chi connectivity index (χ0) is 25.7. The van der Waals surface area contributed by atoms with Gasteiger partial charge < -0.3 is 15.2 Å². The first-order valence-electron chi connectivity index (χ1n) is 11.1. The molecular weight excluding hydrogens is 473 g/mol. The summed E-state index contributed by atoms with van der Waals surface area (Å²) in [5.41, 5.74) is -0.0250. The average Bonchev–Trinajstić information content (AvgIpc) is 3.26. The van der Waals surface area contributed by atoms with Crippen LogP contribution in [0, 0.1) is 17.5 Å². The third-order valence-corrected chi connectivity index (χ3v) is 5.74. The Morgan fingerprint density at radius 2 is 1.86 bits per heavy atom. The van der Waals surface area contributed by atoms with Crippen LogP contribution in [-0.2, 0) is 11.2 Å². The number of H-pyrrole nitrogens is 1. The van der Waals surface area contributed by atoms with Gasteiger partial charge in [0.2, 0.25) is 0 Å². The van der Waals surface area contributed by atoms with Gasteiger partial charge in [0, 0.05) is 31.0 Å². The molecular formula is C26H23F3N4O3. The van der Waals surface area contributed by atoms with Crippen LogP contribution in [0.3, 0.4) is 0 Å². The first-order valence-corrected chi connectivity index (χ1v) is 11.1. The third-order valence-electron chi connectivity index (χ3n) is 5.74. The maximum Gasteiger partial charge on any atom is 0.252 e. The van der Waals surface area contributed by atoms with Crippen molar-refractivity contribution in [1.29, 1.82) is 0 Å². The Bertz CT molecular complexity index is 1330. The monoisotopic (exact) mass is 496 g/mol. The maximum atomic E-state index is 15.4. The van der Waals surface area contributed by atoms with E-state index in [1.165, 1.54) is 31.4 Å². The summed E-state index contributed by atoms with van der Waals surface area (Å²) in [6.45, 7) is -0.388. The van der Waals surface area contributed by atoms with E-state index in [9.17, 15) is 18.7 Å². The van der Waals surface area contributed by atoms with Crippen LogP contribution < -0.4 is 5.32 Å². The van der Waals surface area contributed by atoms with E-state index < -0.39 is 35.5 Å². The number of aromatic nitrogens is 3. The summed E-state index contributed by atoms with van der Waals surface area (Å²) in [6, 6.07) is 13.3. The molecule has 1 amide bonds. The van der Waals surface area contributed by atoms with Crippen LogP contribution in [0.1, 0.15) is 16.1 Å². The van der Waals surface area contributed by atoms with E-state index in [0.29, 0.717) is 5.69 Å². The van der Waals surface area contributed by atoms with Crippen molar-refractivity contribution in [3.8, 4) is 22.5 Å².